The lowest BCUT2D eigenvalue weighted by molar-refractivity contribution is 0.0814. The van der Waals surface area contributed by atoms with E-state index < -0.39 is 6.10 Å². The molecule has 1 unspecified atom stereocenters. The third kappa shape index (κ3) is 2.21. The van der Waals surface area contributed by atoms with Crippen molar-refractivity contribution in [2.45, 2.75) is 12.5 Å². The number of carbonyl (C=O) groups excluding carboxylic acids is 1. The Kier molecular flexibility index (Phi) is 3.01. The lowest BCUT2D eigenvalue weighted by atomic mass is 9.98. The Bertz CT molecular complexity index is 876. The van der Waals surface area contributed by atoms with Crippen LogP contribution in [0.3, 0.4) is 0 Å². The molecule has 1 N–H and O–H groups in total. The zero-order chi connectivity index (χ0) is 16.0. The number of phenols is 1. The first-order valence-corrected chi connectivity index (χ1v) is 7.25. The number of benzene rings is 2. The zero-order valence-corrected chi connectivity index (χ0v) is 12.4. The van der Waals surface area contributed by atoms with E-state index in [1.54, 1.807) is 0 Å². The first kappa shape index (κ1) is 13.7. The molecule has 0 amide bonds. The van der Waals surface area contributed by atoms with Crippen LogP contribution in [0.5, 0.6) is 17.2 Å². The fourth-order valence-corrected chi connectivity index (χ4v) is 2.89. The van der Waals surface area contributed by atoms with Gasteiger partial charge in [0.2, 0.25) is 0 Å². The molecule has 2 aromatic carbocycles. The van der Waals surface area contributed by atoms with Gasteiger partial charge in [-0.25, -0.2) is 0 Å². The normalized spacial score (nSPS) is 16.9. The summed E-state index contributed by atoms with van der Waals surface area (Å²) in [4.78, 5) is 12.5. The number of hydrogen-bond donors (Lipinski definition) is 1. The van der Waals surface area contributed by atoms with Crippen molar-refractivity contribution < 1.29 is 23.8 Å². The van der Waals surface area contributed by atoms with Gasteiger partial charge in [0.1, 0.15) is 34.2 Å². The molecule has 0 radical (unpaired) electrons. The van der Waals surface area contributed by atoms with E-state index in [0.717, 1.165) is 11.0 Å². The van der Waals surface area contributed by atoms with Gasteiger partial charge in [0.15, 0.2) is 11.9 Å². The summed E-state index contributed by atoms with van der Waals surface area (Å²) in [6.45, 7) is 0. The molecule has 0 aliphatic carbocycles. The van der Waals surface area contributed by atoms with Crippen LogP contribution in [-0.4, -0.2) is 18.0 Å². The summed E-state index contributed by atoms with van der Waals surface area (Å²) in [6.07, 6.45) is -0.359. The summed E-state index contributed by atoms with van der Waals surface area (Å²) in [7, 11) is 1.45. The van der Waals surface area contributed by atoms with E-state index >= 15 is 0 Å². The van der Waals surface area contributed by atoms with Crippen LogP contribution < -0.4 is 9.47 Å². The van der Waals surface area contributed by atoms with Gasteiger partial charge in [0.25, 0.3) is 0 Å². The van der Waals surface area contributed by atoms with Crippen molar-refractivity contribution in [3.05, 3.63) is 53.8 Å². The third-order valence-corrected chi connectivity index (χ3v) is 3.95. The van der Waals surface area contributed by atoms with Crippen molar-refractivity contribution in [1.82, 2.24) is 0 Å². The Hall–Kier alpha value is -2.95. The number of fused-ring (bicyclic) bond motifs is 2. The van der Waals surface area contributed by atoms with Crippen LogP contribution in [0.1, 0.15) is 28.6 Å². The van der Waals surface area contributed by atoms with Gasteiger partial charge >= 0.3 is 0 Å². The molecule has 0 spiro atoms. The largest absolute Gasteiger partial charge is 0.508 e. The highest BCUT2D eigenvalue weighted by atomic mass is 16.5. The number of Topliss-reactive ketones (excluding diaryl/α,β-unsaturated/α-hetero) is 1. The number of rotatable bonds is 2. The smallest absolute Gasteiger partial charge is 0.174 e. The molecule has 1 atom stereocenters. The average molecular weight is 310 g/mol. The number of para-hydroxylation sites is 1. The molecule has 5 nitrogen and oxygen atoms in total. The van der Waals surface area contributed by atoms with Crippen LogP contribution in [0.4, 0.5) is 0 Å². The number of methoxy groups -OCH3 is 1. The third-order valence-electron chi connectivity index (χ3n) is 3.95. The second-order valence-electron chi connectivity index (χ2n) is 5.44. The molecule has 2 heterocycles. The number of carbonyl (C=O) groups is 1. The summed E-state index contributed by atoms with van der Waals surface area (Å²) in [5, 5.41) is 10.7. The Morgan fingerprint density at radius 2 is 2.04 bits per heavy atom. The molecule has 5 heteroatoms. The zero-order valence-electron chi connectivity index (χ0n) is 12.4. The van der Waals surface area contributed by atoms with Crippen LogP contribution in [-0.2, 0) is 0 Å². The van der Waals surface area contributed by atoms with Crippen LogP contribution in [0, 0.1) is 0 Å². The second kappa shape index (κ2) is 5.05. The van der Waals surface area contributed by atoms with Crippen molar-refractivity contribution in [2.75, 3.05) is 7.11 Å². The van der Waals surface area contributed by atoms with Crippen molar-refractivity contribution in [3.63, 3.8) is 0 Å². The Balaban J connectivity index is 1.77. The topological polar surface area (TPSA) is 68.9 Å². The summed E-state index contributed by atoms with van der Waals surface area (Å²) in [5.41, 5.74) is 1.11. The van der Waals surface area contributed by atoms with Crippen LogP contribution in [0.2, 0.25) is 0 Å². The summed E-state index contributed by atoms with van der Waals surface area (Å²) >= 11 is 0. The molecule has 0 fully saturated rings. The van der Waals surface area contributed by atoms with Crippen molar-refractivity contribution in [1.29, 1.82) is 0 Å². The van der Waals surface area contributed by atoms with E-state index in [2.05, 4.69) is 0 Å². The minimum Gasteiger partial charge on any atom is -0.508 e. The lowest BCUT2D eigenvalue weighted by Gasteiger charge is -2.25. The van der Waals surface area contributed by atoms with Gasteiger partial charge in [0.05, 0.1) is 13.5 Å². The summed E-state index contributed by atoms with van der Waals surface area (Å²) in [5.74, 6) is 1.09. The molecule has 1 aliphatic heterocycles. The predicted molar refractivity (Wildman–Crippen MR) is 83.2 cm³/mol. The maximum absolute atomic E-state index is 12.5. The summed E-state index contributed by atoms with van der Waals surface area (Å²) in [6, 6.07) is 12.3. The minimum atomic E-state index is -0.520. The maximum atomic E-state index is 12.5. The van der Waals surface area contributed by atoms with Crippen molar-refractivity contribution in [2.24, 2.45) is 0 Å². The predicted octanol–water partition coefficient (Wildman–Crippen LogP) is 3.85. The summed E-state index contributed by atoms with van der Waals surface area (Å²) < 4.78 is 16.8. The van der Waals surface area contributed by atoms with Gasteiger partial charge < -0.3 is 19.0 Å². The highest BCUT2D eigenvalue weighted by Crippen LogP contribution is 2.42. The maximum Gasteiger partial charge on any atom is 0.174 e. The minimum absolute atomic E-state index is 0.0151. The van der Waals surface area contributed by atoms with Gasteiger partial charge in [-0.1, -0.05) is 18.2 Å². The van der Waals surface area contributed by atoms with E-state index in [4.69, 9.17) is 13.9 Å². The molecule has 0 saturated heterocycles. The lowest BCUT2D eigenvalue weighted by Crippen LogP contribution is -2.20. The Morgan fingerprint density at radius 1 is 1.22 bits per heavy atom. The number of ether oxygens (including phenoxy) is 2. The van der Waals surface area contributed by atoms with Crippen LogP contribution in [0.25, 0.3) is 11.0 Å². The monoisotopic (exact) mass is 310 g/mol. The van der Waals surface area contributed by atoms with Gasteiger partial charge in [-0.3, -0.25) is 4.79 Å². The van der Waals surface area contributed by atoms with E-state index in [-0.39, 0.29) is 18.0 Å². The molecule has 1 aromatic heterocycles. The molecule has 1 aliphatic rings. The highest BCUT2D eigenvalue weighted by Gasteiger charge is 2.33. The van der Waals surface area contributed by atoms with Gasteiger partial charge in [0, 0.05) is 17.5 Å². The number of phenolic OH excluding ortho intramolecular Hbond substituents is 1. The van der Waals surface area contributed by atoms with Crippen LogP contribution >= 0.6 is 0 Å². The molecule has 23 heavy (non-hydrogen) atoms. The van der Waals surface area contributed by atoms with E-state index in [0.29, 0.717) is 22.8 Å². The highest BCUT2D eigenvalue weighted by molar-refractivity contribution is 6.02. The number of hydrogen-bond acceptors (Lipinski definition) is 5. The molecule has 3 aromatic rings. The molecule has 4 rings (SSSR count). The molecule has 0 saturated carbocycles. The van der Waals surface area contributed by atoms with E-state index in [9.17, 15) is 9.90 Å². The van der Waals surface area contributed by atoms with Gasteiger partial charge in [-0.15, -0.1) is 0 Å². The Morgan fingerprint density at radius 3 is 2.83 bits per heavy atom. The number of furan rings is 1. The van der Waals surface area contributed by atoms with Crippen molar-refractivity contribution in [3.8, 4) is 17.2 Å². The van der Waals surface area contributed by atoms with Gasteiger partial charge in [-0.05, 0) is 12.1 Å². The molecular formula is C18H14O5. The Labute approximate surface area is 132 Å². The van der Waals surface area contributed by atoms with Gasteiger partial charge in [-0.2, -0.15) is 0 Å². The number of aromatic hydroxyl groups is 1. The quantitative estimate of drug-likeness (QED) is 0.778. The average Bonchev–Trinajstić information content (AvgIpc) is 2.97. The SMILES string of the molecule is COc1cc(O)cc2c1C(=O)CC(c1cc3ccccc3o1)O2. The fourth-order valence-electron chi connectivity index (χ4n) is 2.89. The molecular weight excluding hydrogens is 296 g/mol. The fraction of sp³-hybridized carbons (Fsp3) is 0.167. The van der Waals surface area contributed by atoms with E-state index in [1.165, 1.54) is 19.2 Å². The first-order chi connectivity index (χ1) is 11.2. The second-order valence-corrected chi connectivity index (χ2v) is 5.44. The van der Waals surface area contributed by atoms with Crippen molar-refractivity contribution >= 4 is 16.8 Å². The molecule has 116 valence electrons. The molecule has 0 bridgehead atoms. The number of ketones is 1. The van der Waals surface area contributed by atoms with Crippen LogP contribution in [0.15, 0.2) is 46.9 Å². The standard InChI is InChI=1S/C18H14O5/c1-21-16-7-11(19)8-17-18(16)12(20)9-15(23-17)14-6-10-4-2-3-5-13(10)22-14/h2-8,15,19H,9H2,1H3. The first-order valence-electron chi connectivity index (χ1n) is 7.25. The van der Waals surface area contributed by atoms with E-state index in [1.807, 2.05) is 30.3 Å².